The molecule has 9 heteroatoms. The van der Waals surface area contributed by atoms with Gasteiger partial charge in [-0.15, -0.1) is 0 Å². The van der Waals surface area contributed by atoms with Crippen LogP contribution in [0.3, 0.4) is 0 Å². The number of nitrogens with one attached hydrogen (secondary N) is 4. The van der Waals surface area contributed by atoms with Crippen LogP contribution in [0.2, 0.25) is 0 Å². The van der Waals surface area contributed by atoms with Gasteiger partial charge in [-0.1, -0.05) is 53.8 Å². The summed E-state index contributed by atoms with van der Waals surface area (Å²) in [6.45, 7) is 4.63. The van der Waals surface area contributed by atoms with Crippen molar-refractivity contribution in [2.75, 3.05) is 5.32 Å². The predicted octanol–water partition coefficient (Wildman–Crippen LogP) is 5.15. The van der Waals surface area contributed by atoms with Crippen LogP contribution in [0.5, 0.6) is 5.06 Å². The molecule has 1 aliphatic rings. The Balaban J connectivity index is 1.21. The first-order valence-corrected chi connectivity index (χ1v) is 12.4. The molecule has 8 nitrogen and oxygen atoms in total. The molecule has 1 fully saturated rings. The average Bonchev–Trinajstić information content (AvgIpc) is 3.49. The highest BCUT2D eigenvalue weighted by molar-refractivity contribution is 7.20. The van der Waals surface area contributed by atoms with Gasteiger partial charge in [0.1, 0.15) is 5.82 Å². The maximum atomic E-state index is 12.8. The van der Waals surface area contributed by atoms with Crippen molar-refractivity contribution in [1.82, 2.24) is 20.8 Å². The molecule has 180 valence electrons. The van der Waals surface area contributed by atoms with Crippen LogP contribution in [0.4, 0.5) is 10.6 Å². The highest BCUT2D eigenvalue weighted by Gasteiger charge is 2.24. The summed E-state index contributed by atoms with van der Waals surface area (Å²) in [4.78, 5) is 25.9. The molecule has 2 heterocycles. The summed E-state index contributed by atoms with van der Waals surface area (Å²) in [6.07, 6.45) is 1.92. The van der Waals surface area contributed by atoms with Gasteiger partial charge in [0.2, 0.25) is 0 Å². The van der Waals surface area contributed by atoms with Crippen LogP contribution in [0.1, 0.15) is 48.2 Å². The molecule has 4 N–H and O–H groups in total. The first-order chi connectivity index (χ1) is 16.9. The number of hydrogen-bond donors (Lipinski definition) is 4. The molecule has 35 heavy (non-hydrogen) atoms. The lowest BCUT2D eigenvalue weighted by atomic mass is 9.95. The van der Waals surface area contributed by atoms with Crippen LogP contribution < -0.4 is 20.7 Å². The summed E-state index contributed by atoms with van der Waals surface area (Å²) in [5.74, 6) is 0.217. The van der Waals surface area contributed by atoms with Crippen LogP contribution in [0.25, 0.3) is 10.2 Å². The Morgan fingerprint density at radius 3 is 2.57 bits per heavy atom. The van der Waals surface area contributed by atoms with Gasteiger partial charge < -0.3 is 20.7 Å². The van der Waals surface area contributed by atoms with Crippen LogP contribution in [-0.2, 0) is 12.1 Å². The van der Waals surface area contributed by atoms with Crippen molar-refractivity contribution in [3.63, 3.8) is 0 Å². The lowest BCUT2D eigenvalue weighted by molar-refractivity contribution is 0.102. The molecule has 0 bridgehead atoms. The molecule has 0 spiro atoms. The number of thiophene rings is 1. The molecule has 0 aliphatic heterocycles. The monoisotopic (exact) mass is 489 g/mol. The van der Waals surface area contributed by atoms with E-state index in [1.807, 2.05) is 68.4 Å². The number of aromatic amines is 1. The molecular formula is C26H27N5O3S. The lowest BCUT2D eigenvalue weighted by Crippen LogP contribution is -2.42. The molecule has 0 atom stereocenters. The molecular weight excluding hydrogens is 462 g/mol. The quantitative estimate of drug-likeness (QED) is 0.274. The van der Waals surface area contributed by atoms with E-state index in [0.717, 1.165) is 17.7 Å². The zero-order chi connectivity index (χ0) is 24.4. The van der Waals surface area contributed by atoms with Gasteiger partial charge in [-0.25, -0.2) is 4.79 Å². The Labute approximate surface area is 207 Å². The van der Waals surface area contributed by atoms with Gasteiger partial charge in [0.05, 0.1) is 10.9 Å². The number of ether oxygens (including phenoxy) is 1. The highest BCUT2D eigenvalue weighted by Crippen LogP contribution is 2.35. The summed E-state index contributed by atoms with van der Waals surface area (Å²) >= 11 is 1.22. The first kappa shape index (κ1) is 23.1. The van der Waals surface area contributed by atoms with Gasteiger partial charge in [-0.3, -0.25) is 9.89 Å². The Morgan fingerprint density at radius 1 is 1.11 bits per heavy atom. The molecule has 4 aromatic rings. The third-order valence-electron chi connectivity index (χ3n) is 5.96. The fourth-order valence-corrected chi connectivity index (χ4v) is 4.59. The largest absolute Gasteiger partial charge is 0.414 e. The van der Waals surface area contributed by atoms with Crippen molar-refractivity contribution in [2.24, 2.45) is 0 Å². The van der Waals surface area contributed by atoms with E-state index in [9.17, 15) is 9.59 Å². The summed E-state index contributed by atoms with van der Waals surface area (Å²) in [5.41, 5.74) is 2.07. The zero-order valence-electron chi connectivity index (χ0n) is 19.6. The molecule has 0 saturated heterocycles. The number of nitrogens with zero attached hydrogens (tertiary/aromatic N) is 1. The number of hydrogen-bond acceptors (Lipinski definition) is 6. The molecule has 0 unspecified atom stereocenters. The van der Waals surface area contributed by atoms with E-state index in [2.05, 4.69) is 26.1 Å². The second kappa shape index (κ2) is 9.52. The number of amides is 2. The predicted molar refractivity (Wildman–Crippen MR) is 137 cm³/mol. The van der Waals surface area contributed by atoms with Crippen LogP contribution in [-0.4, -0.2) is 28.2 Å². The summed E-state index contributed by atoms with van der Waals surface area (Å²) in [5, 5.41) is 17.4. The van der Waals surface area contributed by atoms with Crippen molar-refractivity contribution in [2.45, 2.75) is 44.8 Å². The van der Waals surface area contributed by atoms with Crippen molar-refractivity contribution >= 4 is 39.4 Å². The number of fused-ring (bicyclic) bond motifs is 1. The van der Waals surface area contributed by atoms with E-state index >= 15 is 0 Å². The molecule has 2 aromatic carbocycles. The molecule has 0 radical (unpaired) electrons. The van der Waals surface area contributed by atoms with E-state index in [4.69, 9.17) is 4.74 Å². The number of carbonyl (C=O) groups is 2. The number of rotatable bonds is 8. The number of aromatic nitrogens is 2. The fraction of sp³-hybridized carbons (Fsp3) is 0.269. The minimum absolute atomic E-state index is 0.242. The second-order valence-electron chi connectivity index (χ2n) is 9.19. The van der Waals surface area contributed by atoms with Gasteiger partial charge in [-0.2, -0.15) is 5.10 Å². The maximum Gasteiger partial charge on any atom is 0.414 e. The van der Waals surface area contributed by atoms with Crippen LogP contribution in [0, 0.1) is 0 Å². The fourth-order valence-electron chi connectivity index (χ4n) is 3.74. The standard InChI is InChI=1S/C26H27N5O3S/c1-26(2,18-6-4-3-5-7-18)29-25(33)34-21-14-20-22(30-31-24(20)35-21)28-23(32)17-10-8-16(9-11-17)15-27-19-12-13-19/h3-11,14,19,27H,12-13,15H2,1-2H3,(H,29,33)(H2,28,30,31,32). The smallest absolute Gasteiger partial charge is 0.399 e. The zero-order valence-corrected chi connectivity index (χ0v) is 20.4. The van der Waals surface area contributed by atoms with Gasteiger partial charge in [0, 0.05) is 24.2 Å². The number of H-pyrrole nitrogens is 1. The minimum Gasteiger partial charge on any atom is -0.399 e. The van der Waals surface area contributed by atoms with Gasteiger partial charge in [0.15, 0.2) is 9.89 Å². The van der Waals surface area contributed by atoms with E-state index in [1.54, 1.807) is 6.07 Å². The molecule has 1 aliphatic carbocycles. The molecule has 1 saturated carbocycles. The highest BCUT2D eigenvalue weighted by atomic mass is 32.1. The van der Waals surface area contributed by atoms with E-state index in [1.165, 1.54) is 24.2 Å². The first-order valence-electron chi connectivity index (χ1n) is 11.5. The third kappa shape index (κ3) is 5.52. The lowest BCUT2D eigenvalue weighted by Gasteiger charge is -2.26. The topological polar surface area (TPSA) is 108 Å². The van der Waals surface area contributed by atoms with E-state index in [-0.39, 0.29) is 5.91 Å². The summed E-state index contributed by atoms with van der Waals surface area (Å²) < 4.78 is 5.51. The van der Waals surface area contributed by atoms with Gasteiger partial charge >= 0.3 is 6.09 Å². The Kier molecular flexibility index (Phi) is 6.27. The van der Waals surface area contributed by atoms with Crippen LogP contribution in [0.15, 0.2) is 60.7 Å². The SMILES string of the molecule is CC(C)(NC(=O)Oc1cc2c(NC(=O)c3ccc(CNC4CC4)cc3)[nH]nc2s1)c1ccccc1. The Bertz CT molecular complexity index is 1340. The number of carbonyl (C=O) groups excluding carboxylic acids is 2. The van der Waals surface area contributed by atoms with Gasteiger partial charge in [0.25, 0.3) is 5.91 Å². The second-order valence-corrected chi connectivity index (χ2v) is 10.2. The molecule has 2 amide bonds. The van der Waals surface area contributed by atoms with Gasteiger partial charge in [-0.05, 0) is 49.9 Å². The van der Waals surface area contributed by atoms with Crippen molar-refractivity contribution in [1.29, 1.82) is 0 Å². The minimum atomic E-state index is -0.598. The summed E-state index contributed by atoms with van der Waals surface area (Å²) in [6, 6.07) is 19.6. The van der Waals surface area contributed by atoms with Crippen molar-refractivity contribution in [3.8, 4) is 5.06 Å². The summed E-state index contributed by atoms with van der Waals surface area (Å²) in [7, 11) is 0. The maximum absolute atomic E-state index is 12.8. The van der Waals surface area contributed by atoms with E-state index in [0.29, 0.717) is 32.7 Å². The molecule has 5 rings (SSSR count). The van der Waals surface area contributed by atoms with Crippen molar-refractivity contribution < 1.29 is 14.3 Å². The van der Waals surface area contributed by atoms with E-state index < -0.39 is 11.6 Å². The Hall–Kier alpha value is -3.69. The third-order valence-corrected chi connectivity index (χ3v) is 6.87. The van der Waals surface area contributed by atoms with Crippen molar-refractivity contribution in [3.05, 3.63) is 77.4 Å². The number of benzene rings is 2. The normalized spacial score (nSPS) is 13.5. The van der Waals surface area contributed by atoms with Crippen LogP contribution >= 0.6 is 11.3 Å². The molecule has 2 aromatic heterocycles. The number of anilines is 1. The Morgan fingerprint density at radius 2 is 1.86 bits per heavy atom. The average molecular weight is 490 g/mol.